The van der Waals surface area contributed by atoms with Gasteiger partial charge in [-0.25, -0.2) is 13.1 Å². The molecule has 19 heavy (non-hydrogen) atoms. The van der Waals surface area contributed by atoms with Gasteiger partial charge >= 0.3 is 0 Å². The molecule has 2 atom stereocenters. The van der Waals surface area contributed by atoms with Crippen LogP contribution in [0.3, 0.4) is 0 Å². The van der Waals surface area contributed by atoms with Crippen LogP contribution in [0.1, 0.15) is 25.5 Å². The molecule has 1 fully saturated rings. The van der Waals surface area contributed by atoms with Gasteiger partial charge in [0.2, 0.25) is 5.09 Å². The first-order chi connectivity index (χ1) is 8.92. The highest BCUT2D eigenvalue weighted by Crippen LogP contribution is 2.19. The number of piperidine rings is 1. The highest BCUT2D eigenvalue weighted by atomic mass is 32.2. The van der Waals surface area contributed by atoms with Crippen LogP contribution < -0.4 is 10.5 Å². The lowest BCUT2D eigenvalue weighted by Gasteiger charge is -2.34. The normalized spacial score (nSPS) is 25.6. The Morgan fingerprint density at radius 1 is 1.53 bits per heavy atom. The van der Waals surface area contributed by atoms with Crippen molar-refractivity contribution in [2.24, 2.45) is 5.73 Å². The molecule has 0 amide bonds. The number of nitrogens with two attached hydrogens (primary N) is 1. The number of likely N-dealkylation sites (tertiary alicyclic amines) is 1. The molecular weight excluding hydrogens is 266 g/mol. The van der Waals surface area contributed by atoms with E-state index in [1.807, 2.05) is 0 Å². The standard InChI is InChI=1S/C12H21N3O3S/c1-9-7-10(5-6-15(9)2)14-19(16,17)12-4-3-11(8-13)18-12/h3-4,9-10,14H,5-8,13H2,1-2H3. The second-order valence-corrected chi connectivity index (χ2v) is 6.74. The van der Waals surface area contributed by atoms with Gasteiger partial charge in [-0.3, -0.25) is 0 Å². The molecule has 6 nitrogen and oxygen atoms in total. The third-order valence-electron chi connectivity index (χ3n) is 3.63. The topological polar surface area (TPSA) is 88.6 Å². The predicted octanol–water partition coefficient (Wildman–Crippen LogP) is 0.499. The van der Waals surface area contributed by atoms with E-state index in [2.05, 4.69) is 23.6 Å². The van der Waals surface area contributed by atoms with Gasteiger partial charge in [0.25, 0.3) is 10.0 Å². The van der Waals surface area contributed by atoms with E-state index in [0.717, 1.165) is 19.4 Å². The molecule has 0 saturated carbocycles. The summed E-state index contributed by atoms with van der Waals surface area (Å²) in [7, 11) is -1.53. The molecule has 1 aliphatic rings. The van der Waals surface area contributed by atoms with Crippen molar-refractivity contribution < 1.29 is 12.8 Å². The van der Waals surface area contributed by atoms with Gasteiger partial charge in [-0.05, 0) is 45.5 Å². The Kier molecular flexibility index (Phi) is 4.29. The van der Waals surface area contributed by atoms with E-state index in [-0.39, 0.29) is 17.7 Å². The van der Waals surface area contributed by atoms with E-state index in [1.54, 1.807) is 6.07 Å². The van der Waals surface area contributed by atoms with E-state index in [4.69, 9.17) is 10.2 Å². The zero-order valence-corrected chi connectivity index (χ0v) is 12.1. The first-order valence-electron chi connectivity index (χ1n) is 6.43. The summed E-state index contributed by atoms with van der Waals surface area (Å²) in [6, 6.07) is 3.37. The van der Waals surface area contributed by atoms with Gasteiger partial charge in [-0.2, -0.15) is 0 Å². The average Bonchev–Trinajstić information content (AvgIpc) is 2.83. The van der Waals surface area contributed by atoms with Crippen LogP contribution in [0.15, 0.2) is 21.6 Å². The molecule has 2 heterocycles. The summed E-state index contributed by atoms with van der Waals surface area (Å²) in [6.45, 7) is 3.18. The zero-order valence-electron chi connectivity index (χ0n) is 11.3. The minimum atomic E-state index is -3.58. The summed E-state index contributed by atoms with van der Waals surface area (Å²) in [5.74, 6) is 0.470. The Morgan fingerprint density at radius 2 is 2.26 bits per heavy atom. The molecule has 0 aliphatic carbocycles. The number of nitrogens with one attached hydrogen (secondary N) is 1. The van der Waals surface area contributed by atoms with E-state index in [1.165, 1.54) is 6.07 Å². The Hall–Kier alpha value is -0.890. The quantitative estimate of drug-likeness (QED) is 0.842. The maximum Gasteiger partial charge on any atom is 0.274 e. The molecule has 1 aromatic rings. The first-order valence-corrected chi connectivity index (χ1v) is 7.92. The van der Waals surface area contributed by atoms with Crippen molar-refractivity contribution in [2.75, 3.05) is 13.6 Å². The third-order valence-corrected chi connectivity index (χ3v) is 5.03. The molecule has 0 bridgehead atoms. The van der Waals surface area contributed by atoms with E-state index in [0.29, 0.717) is 11.8 Å². The lowest BCUT2D eigenvalue weighted by atomic mass is 10.0. The van der Waals surface area contributed by atoms with Crippen LogP contribution in [0.5, 0.6) is 0 Å². The van der Waals surface area contributed by atoms with Crippen LogP contribution in [0.2, 0.25) is 0 Å². The average molecular weight is 287 g/mol. The van der Waals surface area contributed by atoms with Gasteiger partial charge in [0, 0.05) is 12.1 Å². The molecule has 0 spiro atoms. The van der Waals surface area contributed by atoms with Crippen LogP contribution >= 0.6 is 0 Å². The maximum absolute atomic E-state index is 12.2. The smallest absolute Gasteiger partial charge is 0.274 e. The summed E-state index contributed by atoms with van der Waals surface area (Å²) in [4.78, 5) is 2.23. The van der Waals surface area contributed by atoms with E-state index in [9.17, 15) is 8.42 Å². The fraction of sp³-hybridized carbons (Fsp3) is 0.667. The van der Waals surface area contributed by atoms with Gasteiger partial charge in [0.05, 0.1) is 6.54 Å². The molecule has 7 heteroatoms. The summed E-state index contributed by atoms with van der Waals surface area (Å²) in [6.07, 6.45) is 1.62. The van der Waals surface area contributed by atoms with Gasteiger partial charge in [0.1, 0.15) is 5.76 Å². The van der Waals surface area contributed by atoms with Crippen molar-refractivity contribution in [2.45, 2.75) is 43.5 Å². The fourth-order valence-electron chi connectivity index (χ4n) is 2.29. The molecule has 0 radical (unpaired) electrons. The number of rotatable bonds is 4. The monoisotopic (exact) mass is 287 g/mol. The molecule has 3 N–H and O–H groups in total. The minimum absolute atomic E-state index is 0.0392. The number of hydrogen-bond donors (Lipinski definition) is 2. The van der Waals surface area contributed by atoms with Crippen molar-refractivity contribution in [3.8, 4) is 0 Å². The summed E-state index contributed by atoms with van der Waals surface area (Å²) in [5.41, 5.74) is 5.41. The van der Waals surface area contributed by atoms with Crippen LogP contribution in [0.4, 0.5) is 0 Å². The second kappa shape index (κ2) is 5.62. The summed E-state index contributed by atoms with van der Waals surface area (Å²) in [5, 5.41) is -0.0560. The Labute approximate surface area is 114 Å². The number of nitrogens with zero attached hydrogens (tertiary/aromatic N) is 1. The molecule has 1 aliphatic heterocycles. The highest BCUT2D eigenvalue weighted by molar-refractivity contribution is 7.89. The summed E-state index contributed by atoms with van der Waals surface area (Å²) < 4.78 is 32.2. The second-order valence-electron chi connectivity index (χ2n) is 5.10. The number of furan rings is 1. The molecule has 108 valence electrons. The molecule has 0 aromatic carbocycles. The molecule has 1 aromatic heterocycles. The van der Waals surface area contributed by atoms with Crippen molar-refractivity contribution in [3.63, 3.8) is 0 Å². The fourth-order valence-corrected chi connectivity index (χ4v) is 3.52. The third kappa shape index (κ3) is 3.36. The van der Waals surface area contributed by atoms with Crippen LogP contribution in [0.25, 0.3) is 0 Å². The lowest BCUT2D eigenvalue weighted by molar-refractivity contribution is 0.178. The largest absolute Gasteiger partial charge is 0.447 e. The molecule has 2 unspecified atom stereocenters. The number of hydrogen-bond acceptors (Lipinski definition) is 5. The van der Waals surface area contributed by atoms with Crippen molar-refractivity contribution in [1.29, 1.82) is 0 Å². The predicted molar refractivity (Wildman–Crippen MR) is 72.0 cm³/mol. The maximum atomic E-state index is 12.2. The molecule has 2 rings (SSSR count). The van der Waals surface area contributed by atoms with Gasteiger partial charge in [0.15, 0.2) is 0 Å². The molecular formula is C12H21N3O3S. The Balaban J connectivity index is 2.05. The van der Waals surface area contributed by atoms with E-state index < -0.39 is 10.0 Å². The Bertz CT molecular complexity index is 526. The highest BCUT2D eigenvalue weighted by Gasteiger charge is 2.28. The van der Waals surface area contributed by atoms with Crippen molar-refractivity contribution >= 4 is 10.0 Å². The van der Waals surface area contributed by atoms with Gasteiger partial charge in [-0.15, -0.1) is 0 Å². The van der Waals surface area contributed by atoms with Crippen LogP contribution in [0, 0.1) is 0 Å². The first kappa shape index (κ1) is 14.5. The minimum Gasteiger partial charge on any atom is -0.447 e. The SMILES string of the molecule is CC1CC(NS(=O)(=O)c2ccc(CN)o2)CCN1C. The lowest BCUT2D eigenvalue weighted by Crippen LogP contribution is -2.47. The molecule has 1 saturated heterocycles. The summed E-state index contributed by atoms with van der Waals surface area (Å²) >= 11 is 0. The Morgan fingerprint density at radius 3 is 2.84 bits per heavy atom. The van der Waals surface area contributed by atoms with Crippen LogP contribution in [-0.2, 0) is 16.6 Å². The van der Waals surface area contributed by atoms with Gasteiger partial charge in [-0.1, -0.05) is 0 Å². The van der Waals surface area contributed by atoms with Crippen molar-refractivity contribution in [3.05, 3.63) is 17.9 Å². The zero-order chi connectivity index (χ0) is 14.0. The van der Waals surface area contributed by atoms with Crippen molar-refractivity contribution in [1.82, 2.24) is 9.62 Å². The number of sulfonamides is 1. The van der Waals surface area contributed by atoms with Gasteiger partial charge < -0.3 is 15.1 Å². The van der Waals surface area contributed by atoms with Crippen LogP contribution in [-0.4, -0.2) is 39.0 Å². The van der Waals surface area contributed by atoms with E-state index >= 15 is 0 Å².